The molecule has 0 radical (unpaired) electrons. The molecule has 0 bridgehead atoms. The van der Waals surface area contributed by atoms with Crippen LogP contribution in [0.3, 0.4) is 0 Å². The lowest BCUT2D eigenvalue weighted by Crippen LogP contribution is -2.38. The van der Waals surface area contributed by atoms with Crippen LogP contribution >= 0.6 is 0 Å². The molecule has 2 aliphatic heterocycles. The third-order valence-electron chi connectivity index (χ3n) is 9.19. The Labute approximate surface area is 234 Å². The van der Waals surface area contributed by atoms with Crippen LogP contribution in [0.5, 0.6) is 0 Å². The molecule has 3 aliphatic rings. The maximum atomic E-state index is 2.63. The number of allylic oxidation sites excluding steroid dienone is 2. The van der Waals surface area contributed by atoms with Gasteiger partial charge in [-0.25, -0.2) is 0 Å². The lowest BCUT2D eigenvalue weighted by Gasteiger charge is -2.40. The fourth-order valence-electron chi connectivity index (χ4n) is 7.64. The Kier molecular flexibility index (Phi) is 4.33. The van der Waals surface area contributed by atoms with Crippen molar-refractivity contribution in [3.63, 3.8) is 0 Å². The Morgan fingerprint density at radius 3 is 2.23 bits per heavy atom. The maximum absolute atomic E-state index is 2.63. The standard InChI is InChI=1S/C38H28N2/c1-23-9-7-11-25(21-23)27-17-19-33-37-35(27)29-13-3-5-15-31(29)39(37)34-20-18-28(26-12-8-10-24(2)22-26)36-30-14-4-6-16-32(30)40(33)38(34)36/h3-22,35,37H,1-2H3. The van der Waals surface area contributed by atoms with Gasteiger partial charge in [-0.15, -0.1) is 0 Å². The second-order valence-electron chi connectivity index (χ2n) is 11.5. The Morgan fingerprint density at radius 2 is 1.38 bits per heavy atom. The normalized spacial score (nSPS) is 18.5. The first-order valence-corrected chi connectivity index (χ1v) is 14.2. The summed E-state index contributed by atoms with van der Waals surface area (Å²) in [4.78, 5) is 2.63. The van der Waals surface area contributed by atoms with Gasteiger partial charge in [0.25, 0.3) is 0 Å². The molecule has 190 valence electrons. The molecule has 0 fully saturated rings. The zero-order valence-electron chi connectivity index (χ0n) is 22.6. The number of anilines is 2. The number of hydrogen-bond donors (Lipinski definition) is 0. The van der Waals surface area contributed by atoms with E-state index in [9.17, 15) is 0 Å². The third-order valence-corrected chi connectivity index (χ3v) is 9.19. The fraction of sp³-hybridized carbons (Fsp3) is 0.105. The van der Waals surface area contributed by atoms with Gasteiger partial charge in [0.15, 0.2) is 0 Å². The average molecular weight is 513 g/mol. The number of benzene rings is 5. The summed E-state index contributed by atoms with van der Waals surface area (Å²) >= 11 is 0. The molecule has 40 heavy (non-hydrogen) atoms. The van der Waals surface area contributed by atoms with Gasteiger partial charge in [0.1, 0.15) is 0 Å². The number of nitrogens with zero attached hydrogens (tertiary/aromatic N) is 2. The Bertz CT molecular complexity index is 2100. The molecule has 9 rings (SSSR count). The van der Waals surface area contributed by atoms with Crippen molar-refractivity contribution in [3.05, 3.63) is 144 Å². The number of aromatic nitrogens is 1. The van der Waals surface area contributed by atoms with E-state index in [0.29, 0.717) is 0 Å². The quantitative estimate of drug-likeness (QED) is 0.224. The van der Waals surface area contributed by atoms with Crippen molar-refractivity contribution in [1.82, 2.24) is 4.57 Å². The monoisotopic (exact) mass is 512 g/mol. The first-order chi connectivity index (χ1) is 19.7. The zero-order valence-corrected chi connectivity index (χ0v) is 22.6. The van der Waals surface area contributed by atoms with E-state index < -0.39 is 0 Å². The molecule has 0 saturated heterocycles. The molecule has 6 aromatic rings. The van der Waals surface area contributed by atoms with Crippen molar-refractivity contribution >= 4 is 44.5 Å². The van der Waals surface area contributed by atoms with Crippen LogP contribution in [0.4, 0.5) is 11.4 Å². The first kappa shape index (κ1) is 22.0. The summed E-state index contributed by atoms with van der Waals surface area (Å²) in [5, 5.41) is 2.66. The fourth-order valence-corrected chi connectivity index (χ4v) is 7.64. The zero-order chi connectivity index (χ0) is 26.5. The summed E-state index contributed by atoms with van der Waals surface area (Å²) in [7, 11) is 0. The molecule has 3 heterocycles. The second-order valence-corrected chi connectivity index (χ2v) is 11.5. The van der Waals surface area contributed by atoms with E-state index in [2.05, 4.69) is 145 Å². The average Bonchev–Trinajstić information content (AvgIpc) is 3.51. The van der Waals surface area contributed by atoms with E-state index in [0.717, 1.165) is 0 Å². The molecule has 0 saturated carbocycles. The molecule has 2 atom stereocenters. The molecule has 0 N–H and O–H groups in total. The first-order valence-electron chi connectivity index (χ1n) is 14.2. The van der Waals surface area contributed by atoms with Crippen molar-refractivity contribution in [2.75, 3.05) is 4.90 Å². The molecule has 2 nitrogen and oxygen atoms in total. The lowest BCUT2D eigenvalue weighted by molar-refractivity contribution is 0.737. The highest BCUT2D eigenvalue weighted by Crippen LogP contribution is 2.60. The SMILES string of the molecule is Cc1cccc(C2=CC=C3C4C2c2ccccc2N4c2ccc(-c4cccc(C)c4)c4c5ccccc5n3c24)c1. The molecular formula is C38H28N2. The number of para-hydroxylation sites is 2. The predicted molar refractivity (Wildman–Crippen MR) is 168 cm³/mol. The van der Waals surface area contributed by atoms with Crippen LogP contribution in [-0.2, 0) is 0 Å². The molecule has 1 aliphatic carbocycles. The van der Waals surface area contributed by atoms with Crippen molar-refractivity contribution in [3.8, 4) is 11.1 Å². The number of aryl methyl sites for hydroxylation is 2. The van der Waals surface area contributed by atoms with Crippen molar-refractivity contribution in [2.45, 2.75) is 25.8 Å². The van der Waals surface area contributed by atoms with Crippen molar-refractivity contribution < 1.29 is 0 Å². The highest BCUT2D eigenvalue weighted by Gasteiger charge is 2.48. The maximum Gasteiger partial charge on any atom is 0.0857 e. The van der Waals surface area contributed by atoms with Crippen LogP contribution in [0.15, 0.2) is 121 Å². The van der Waals surface area contributed by atoms with Crippen LogP contribution in [-0.4, -0.2) is 10.6 Å². The highest BCUT2D eigenvalue weighted by atomic mass is 15.3. The second kappa shape index (κ2) is 7.86. The molecule has 1 aromatic heterocycles. The van der Waals surface area contributed by atoms with Crippen LogP contribution < -0.4 is 4.90 Å². The van der Waals surface area contributed by atoms with Crippen LogP contribution in [0.25, 0.3) is 44.2 Å². The van der Waals surface area contributed by atoms with Gasteiger partial charge in [0, 0.05) is 28.1 Å². The van der Waals surface area contributed by atoms with E-state index in [4.69, 9.17) is 0 Å². The topological polar surface area (TPSA) is 8.17 Å². The van der Waals surface area contributed by atoms with E-state index in [1.807, 2.05) is 0 Å². The van der Waals surface area contributed by atoms with Gasteiger partial charge in [-0.1, -0.05) is 108 Å². The van der Waals surface area contributed by atoms with Gasteiger partial charge in [0.05, 0.1) is 22.8 Å². The summed E-state index contributed by atoms with van der Waals surface area (Å²) in [6, 6.07) is 40.9. The van der Waals surface area contributed by atoms with Gasteiger partial charge in [0.2, 0.25) is 0 Å². The summed E-state index contributed by atoms with van der Waals surface area (Å²) in [5.41, 5.74) is 15.9. The molecule has 0 spiro atoms. The molecule has 0 amide bonds. The molecule has 2 heteroatoms. The predicted octanol–water partition coefficient (Wildman–Crippen LogP) is 9.63. The van der Waals surface area contributed by atoms with Crippen LogP contribution in [0.2, 0.25) is 0 Å². The van der Waals surface area contributed by atoms with Crippen LogP contribution in [0.1, 0.15) is 28.2 Å². The van der Waals surface area contributed by atoms with E-state index >= 15 is 0 Å². The Morgan fingerprint density at radius 1 is 0.625 bits per heavy atom. The minimum absolute atomic E-state index is 0.203. The Hall–Kier alpha value is -4.82. The van der Waals surface area contributed by atoms with Crippen molar-refractivity contribution in [2.24, 2.45) is 0 Å². The lowest BCUT2D eigenvalue weighted by atomic mass is 9.78. The van der Waals surface area contributed by atoms with E-state index in [1.165, 1.54) is 77.8 Å². The molecular weight excluding hydrogens is 484 g/mol. The number of fused-ring (bicyclic) bond motifs is 8. The van der Waals surface area contributed by atoms with E-state index in [1.54, 1.807) is 0 Å². The van der Waals surface area contributed by atoms with Gasteiger partial charge >= 0.3 is 0 Å². The largest absolute Gasteiger partial charge is 0.329 e. The van der Waals surface area contributed by atoms with Gasteiger partial charge in [-0.2, -0.15) is 0 Å². The minimum Gasteiger partial charge on any atom is -0.329 e. The van der Waals surface area contributed by atoms with E-state index in [-0.39, 0.29) is 12.0 Å². The number of hydrogen-bond acceptors (Lipinski definition) is 1. The molecule has 2 unspecified atom stereocenters. The summed E-state index contributed by atoms with van der Waals surface area (Å²) in [5.74, 6) is 0.263. The highest BCUT2D eigenvalue weighted by molar-refractivity contribution is 6.22. The van der Waals surface area contributed by atoms with Gasteiger partial charge in [-0.05, 0) is 65.9 Å². The third kappa shape index (κ3) is 2.78. The van der Waals surface area contributed by atoms with Crippen molar-refractivity contribution in [1.29, 1.82) is 0 Å². The summed E-state index contributed by atoms with van der Waals surface area (Å²) in [6.45, 7) is 4.37. The van der Waals surface area contributed by atoms with Gasteiger partial charge in [-0.3, -0.25) is 0 Å². The summed E-state index contributed by atoms with van der Waals surface area (Å²) < 4.78 is 2.57. The van der Waals surface area contributed by atoms with Gasteiger partial charge < -0.3 is 9.47 Å². The minimum atomic E-state index is 0.203. The Balaban J connectivity index is 1.42. The van der Waals surface area contributed by atoms with Crippen LogP contribution in [0, 0.1) is 13.8 Å². The smallest absolute Gasteiger partial charge is 0.0857 e. The summed E-state index contributed by atoms with van der Waals surface area (Å²) in [6.07, 6.45) is 4.79. The molecule has 5 aromatic carbocycles. The number of rotatable bonds is 2.